The van der Waals surface area contributed by atoms with Crippen molar-refractivity contribution in [3.63, 3.8) is 0 Å². The van der Waals surface area contributed by atoms with Gasteiger partial charge in [-0.15, -0.1) is 0 Å². The van der Waals surface area contributed by atoms with E-state index in [0.29, 0.717) is 0 Å². The first kappa shape index (κ1) is 15.8. The zero-order valence-electron chi connectivity index (χ0n) is 12.8. The van der Waals surface area contributed by atoms with Gasteiger partial charge in [0.1, 0.15) is 0 Å². The molecule has 0 bridgehead atoms. The summed E-state index contributed by atoms with van der Waals surface area (Å²) in [7, 11) is 1.45. The highest BCUT2D eigenvalue weighted by molar-refractivity contribution is 7.80. The molecule has 0 saturated carbocycles. The van der Waals surface area contributed by atoms with E-state index in [-0.39, 0.29) is 11.9 Å². The number of nitrogens with one attached hydrogen (secondary N) is 1. The van der Waals surface area contributed by atoms with Gasteiger partial charge >= 0.3 is 5.97 Å². The Morgan fingerprint density at radius 1 is 1.33 bits per heavy atom. The van der Waals surface area contributed by atoms with E-state index < -0.39 is 0 Å². The fourth-order valence-corrected chi connectivity index (χ4v) is 2.86. The van der Waals surface area contributed by atoms with Crippen molar-refractivity contribution in [3.8, 4) is 0 Å². The number of esters is 1. The number of ether oxygens (including phenoxy) is 1. The van der Waals surface area contributed by atoms with Crippen LogP contribution in [0.5, 0.6) is 0 Å². The fourth-order valence-electron chi connectivity index (χ4n) is 2.57. The Kier molecular flexibility index (Phi) is 5.17. The molecule has 1 aromatic carbocycles. The monoisotopic (exact) mass is 306 g/mol. The summed E-state index contributed by atoms with van der Waals surface area (Å²) in [5.41, 5.74) is 3.51. The first-order chi connectivity index (χ1) is 10.0. The highest BCUT2D eigenvalue weighted by Gasteiger charge is 2.26. The van der Waals surface area contributed by atoms with Crippen LogP contribution in [0.2, 0.25) is 0 Å². The van der Waals surface area contributed by atoms with Crippen LogP contribution in [0.25, 0.3) is 0 Å². The third-order valence-corrected chi connectivity index (χ3v) is 4.52. The zero-order chi connectivity index (χ0) is 15.4. The summed E-state index contributed by atoms with van der Waals surface area (Å²) < 4.78 is 4.80. The minimum atomic E-state index is -0.108. The van der Waals surface area contributed by atoms with Crippen LogP contribution in [0.4, 0.5) is 5.69 Å². The van der Waals surface area contributed by atoms with Crippen molar-refractivity contribution >= 4 is 29.0 Å². The molecule has 0 aromatic heterocycles. The molecule has 114 valence electrons. The highest BCUT2D eigenvalue weighted by atomic mass is 32.1. The summed E-state index contributed by atoms with van der Waals surface area (Å²) in [4.78, 5) is 13.6. The van der Waals surface area contributed by atoms with Crippen LogP contribution in [0, 0.1) is 19.8 Å². The second kappa shape index (κ2) is 6.89. The minimum Gasteiger partial charge on any atom is -0.469 e. The van der Waals surface area contributed by atoms with Crippen molar-refractivity contribution in [1.82, 2.24) is 4.90 Å². The van der Waals surface area contributed by atoms with Gasteiger partial charge in [-0.1, -0.05) is 12.1 Å². The smallest absolute Gasteiger partial charge is 0.308 e. The Morgan fingerprint density at radius 2 is 2.00 bits per heavy atom. The van der Waals surface area contributed by atoms with Gasteiger partial charge in [-0.3, -0.25) is 4.79 Å². The molecular formula is C16H22N2O2S. The Hall–Kier alpha value is -1.62. The number of carbonyl (C=O) groups is 1. The van der Waals surface area contributed by atoms with Gasteiger partial charge in [0.2, 0.25) is 0 Å². The molecule has 1 aliphatic heterocycles. The maximum atomic E-state index is 11.5. The van der Waals surface area contributed by atoms with Crippen molar-refractivity contribution < 1.29 is 9.53 Å². The van der Waals surface area contributed by atoms with E-state index >= 15 is 0 Å². The number of nitrogens with zero attached hydrogens (tertiary/aromatic N) is 1. The van der Waals surface area contributed by atoms with Crippen LogP contribution >= 0.6 is 12.2 Å². The zero-order valence-corrected chi connectivity index (χ0v) is 13.6. The third-order valence-electron chi connectivity index (χ3n) is 4.16. The number of hydrogen-bond acceptors (Lipinski definition) is 3. The molecule has 2 rings (SSSR count). The van der Waals surface area contributed by atoms with E-state index in [2.05, 4.69) is 30.1 Å². The number of benzene rings is 1. The maximum Gasteiger partial charge on any atom is 0.308 e. The van der Waals surface area contributed by atoms with Crippen molar-refractivity contribution in [1.29, 1.82) is 0 Å². The van der Waals surface area contributed by atoms with Crippen LogP contribution in [-0.2, 0) is 9.53 Å². The molecule has 1 heterocycles. The van der Waals surface area contributed by atoms with Crippen molar-refractivity contribution in [2.75, 3.05) is 25.5 Å². The minimum absolute atomic E-state index is 0.00903. The molecular weight excluding hydrogens is 284 g/mol. The van der Waals surface area contributed by atoms with Crippen molar-refractivity contribution in [3.05, 3.63) is 29.3 Å². The standard InChI is InChI=1S/C16H22N2O2S/c1-11-5-4-6-14(12(11)2)17-16(21)18-9-7-13(8-10-18)15(19)20-3/h4-6,13H,7-10H2,1-3H3,(H,17,21). The number of methoxy groups -OCH3 is 1. The molecule has 21 heavy (non-hydrogen) atoms. The normalized spacial score (nSPS) is 15.7. The summed E-state index contributed by atoms with van der Waals surface area (Å²) in [5, 5.41) is 4.05. The van der Waals surface area contributed by atoms with Gasteiger partial charge in [0.15, 0.2) is 5.11 Å². The van der Waals surface area contributed by atoms with Gasteiger partial charge in [0.25, 0.3) is 0 Å². The molecule has 0 atom stereocenters. The van der Waals surface area contributed by atoms with E-state index in [4.69, 9.17) is 17.0 Å². The Balaban J connectivity index is 1.93. The fraction of sp³-hybridized carbons (Fsp3) is 0.500. The highest BCUT2D eigenvalue weighted by Crippen LogP contribution is 2.21. The SMILES string of the molecule is COC(=O)C1CCN(C(=S)Nc2cccc(C)c2C)CC1. The molecule has 0 unspecified atom stereocenters. The summed E-state index contributed by atoms with van der Waals surface area (Å²) in [5.74, 6) is -0.0992. The number of rotatable bonds is 2. The van der Waals surface area contributed by atoms with Crippen LogP contribution in [-0.4, -0.2) is 36.2 Å². The quantitative estimate of drug-likeness (QED) is 0.672. The predicted molar refractivity (Wildman–Crippen MR) is 88.4 cm³/mol. The molecule has 0 radical (unpaired) electrons. The third kappa shape index (κ3) is 3.73. The molecule has 1 N–H and O–H groups in total. The van der Waals surface area contributed by atoms with Gasteiger partial charge in [-0.05, 0) is 56.1 Å². The summed E-state index contributed by atoms with van der Waals surface area (Å²) in [6.45, 7) is 5.75. The second-order valence-electron chi connectivity index (χ2n) is 5.46. The molecule has 1 fully saturated rings. The number of anilines is 1. The van der Waals surface area contributed by atoms with E-state index in [9.17, 15) is 4.79 Å². The maximum absolute atomic E-state index is 11.5. The average Bonchev–Trinajstić information content (AvgIpc) is 2.51. The van der Waals surface area contributed by atoms with E-state index in [1.165, 1.54) is 18.2 Å². The number of hydrogen-bond donors (Lipinski definition) is 1. The molecule has 0 spiro atoms. The van der Waals surface area contributed by atoms with Gasteiger partial charge < -0.3 is 15.0 Å². The molecule has 1 aromatic rings. The molecule has 5 heteroatoms. The molecule has 1 aliphatic rings. The lowest BCUT2D eigenvalue weighted by Gasteiger charge is -2.33. The summed E-state index contributed by atoms with van der Waals surface area (Å²) >= 11 is 5.49. The van der Waals surface area contributed by atoms with Crippen molar-refractivity contribution in [2.45, 2.75) is 26.7 Å². The topological polar surface area (TPSA) is 41.6 Å². The predicted octanol–water partition coefficient (Wildman–Crippen LogP) is 2.89. The lowest BCUT2D eigenvalue weighted by Crippen LogP contribution is -2.42. The van der Waals surface area contributed by atoms with Crippen LogP contribution in [0.1, 0.15) is 24.0 Å². The van der Waals surface area contributed by atoms with Gasteiger partial charge in [-0.25, -0.2) is 0 Å². The summed E-state index contributed by atoms with van der Waals surface area (Å²) in [6, 6.07) is 6.15. The van der Waals surface area contributed by atoms with Crippen LogP contribution in [0.15, 0.2) is 18.2 Å². The average molecular weight is 306 g/mol. The number of thiocarbonyl (C=S) groups is 1. The first-order valence-corrected chi connectivity index (χ1v) is 7.63. The van der Waals surface area contributed by atoms with E-state index in [1.54, 1.807) is 0 Å². The second-order valence-corrected chi connectivity index (χ2v) is 5.85. The number of likely N-dealkylation sites (tertiary alicyclic amines) is 1. The van der Waals surface area contributed by atoms with Gasteiger partial charge in [-0.2, -0.15) is 0 Å². The van der Waals surface area contributed by atoms with Gasteiger partial charge in [0, 0.05) is 18.8 Å². The van der Waals surface area contributed by atoms with Crippen LogP contribution < -0.4 is 5.32 Å². The van der Waals surface area contributed by atoms with Gasteiger partial charge in [0.05, 0.1) is 13.0 Å². The van der Waals surface area contributed by atoms with E-state index in [1.807, 2.05) is 12.1 Å². The number of aryl methyl sites for hydroxylation is 1. The lowest BCUT2D eigenvalue weighted by atomic mass is 9.97. The Bertz CT molecular complexity index is 537. The molecule has 0 aliphatic carbocycles. The molecule has 1 saturated heterocycles. The largest absolute Gasteiger partial charge is 0.469 e. The first-order valence-electron chi connectivity index (χ1n) is 7.23. The molecule has 0 amide bonds. The lowest BCUT2D eigenvalue weighted by molar-refractivity contribution is -0.146. The summed E-state index contributed by atoms with van der Waals surface area (Å²) in [6.07, 6.45) is 1.59. The number of carbonyl (C=O) groups excluding carboxylic acids is 1. The van der Waals surface area contributed by atoms with E-state index in [0.717, 1.165) is 36.7 Å². The molecule has 4 nitrogen and oxygen atoms in total. The van der Waals surface area contributed by atoms with Crippen molar-refractivity contribution in [2.24, 2.45) is 5.92 Å². The number of piperidine rings is 1. The Morgan fingerprint density at radius 3 is 2.62 bits per heavy atom. The van der Waals surface area contributed by atoms with Crippen LogP contribution in [0.3, 0.4) is 0 Å². The Labute approximate surface area is 131 Å².